The van der Waals surface area contributed by atoms with Crippen molar-refractivity contribution in [2.45, 2.75) is 59.3 Å². The molecule has 0 heterocycles. The summed E-state index contributed by atoms with van der Waals surface area (Å²) in [6.45, 7) is 6.40. The summed E-state index contributed by atoms with van der Waals surface area (Å²) in [5.41, 5.74) is 0. The van der Waals surface area contributed by atoms with Crippen molar-refractivity contribution < 1.29 is 9.90 Å². The van der Waals surface area contributed by atoms with Gasteiger partial charge in [-0.2, -0.15) is 0 Å². The maximum absolute atomic E-state index is 11.0. The number of unbranched alkanes of at least 4 members (excludes halogenated alkanes) is 1. The van der Waals surface area contributed by atoms with Gasteiger partial charge >= 0.3 is 5.97 Å². The molecular weight excluding hydrogens is 176 g/mol. The standard InChI is InChI=1S/C12H24O2/c1-4-7-8-11(12(13)14)9-10(5-2)6-3/h10-11H,4-9H2,1-3H3,(H,13,14). The van der Waals surface area contributed by atoms with Crippen LogP contribution in [0.25, 0.3) is 0 Å². The molecule has 0 aliphatic heterocycles. The van der Waals surface area contributed by atoms with Gasteiger partial charge in [0.15, 0.2) is 0 Å². The van der Waals surface area contributed by atoms with Crippen LogP contribution in [0.15, 0.2) is 0 Å². The normalized spacial score (nSPS) is 13.1. The zero-order chi connectivity index (χ0) is 11.0. The fourth-order valence-electron chi connectivity index (χ4n) is 1.82. The highest BCUT2D eigenvalue weighted by atomic mass is 16.4. The lowest BCUT2D eigenvalue weighted by Crippen LogP contribution is -2.17. The van der Waals surface area contributed by atoms with Crippen molar-refractivity contribution in [3.63, 3.8) is 0 Å². The first-order valence-corrected chi connectivity index (χ1v) is 5.88. The molecule has 0 saturated heterocycles. The molecule has 0 aromatic carbocycles. The van der Waals surface area contributed by atoms with Gasteiger partial charge in [-0.1, -0.05) is 46.5 Å². The van der Waals surface area contributed by atoms with Gasteiger partial charge in [-0.15, -0.1) is 0 Å². The molecule has 0 aromatic rings. The summed E-state index contributed by atoms with van der Waals surface area (Å²) < 4.78 is 0. The van der Waals surface area contributed by atoms with Gasteiger partial charge in [0.05, 0.1) is 5.92 Å². The Bertz CT molecular complexity index is 150. The highest BCUT2D eigenvalue weighted by Gasteiger charge is 2.20. The van der Waals surface area contributed by atoms with Crippen LogP contribution in [0.4, 0.5) is 0 Å². The van der Waals surface area contributed by atoms with E-state index in [2.05, 4.69) is 20.8 Å². The van der Waals surface area contributed by atoms with E-state index >= 15 is 0 Å². The summed E-state index contributed by atoms with van der Waals surface area (Å²) in [7, 11) is 0. The SMILES string of the molecule is CCCCC(CC(CC)CC)C(=O)O. The van der Waals surface area contributed by atoms with Crippen LogP contribution in [0.5, 0.6) is 0 Å². The Hall–Kier alpha value is -0.530. The van der Waals surface area contributed by atoms with Crippen molar-refractivity contribution in [1.29, 1.82) is 0 Å². The molecule has 0 aromatic heterocycles. The van der Waals surface area contributed by atoms with E-state index in [-0.39, 0.29) is 5.92 Å². The second kappa shape index (κ2) is 7.84. The van der Waals surface area contributed by atoms with Crippen LogP contribution in [0, 0.1) is 11.8 Å². The minimum atomic E-state index is -0.606. The quantitative estimate of drug-likeness (QED) is 0.648. The highest BCUT2D eigenvalue weighted by Crippen LogP contribution is 2.23. The van der Waals surface area contributed by atoms with Crippen molar-refractivity contribution in [2.75, 3.05) is 0 Å². The molecule has 1 atom stereocenters. The molecule has 1 N–H and O–H groups in total. The van der Waals surface area contributed by atoms with Crippen LogP contribution < -0.4 is 0 Å². The zero-order valence-electron chi connectivity index (χ0n) is 9.75. The van der Waals surface area contributed by atoms with E-state index in [0.717, 1.165) is 38.5 Å². The van der Waals surface area contributed by atoms with Crippen LogP contribution in [0.1, 0.15) is 59.3 Å². The molecule has 0 fully saturated rings. The van der Waals surface area contributed by atoms with Crippen molar-refractivity contribution in [2.24, 2.45) is 11.8 Å². The second-order valence-corrected chi connectivity index (χ2v) is 4.10. The molecule has 1 unspecified atom stereocenters. The molecule has 14 heavy (non-hydrogen) atoms. The van der Waals surface area contributed by atoms with Crippen LogP contribution in [-0.4, -0.2) is 11.1 Å². The third-order valence-electron chi connectivity index (χ3n) is 3.03. The van der Waals surface area contributed by atoms with Gasteiger partial charge in [0, 0.05) is 0 Å². The minimum absolute atomic E-state index is 0.111. The number of rotatable bonds is 8. The number of carboxylic acid groups (broad SMARTS) is 1. The second-order valence-electron chi connectivity index (χ2n) is 4.10. The van der Waals surface area contributed by atoms with Crippen molar-refractivity contribution in [3.8, 4) is 0 Å². The molecule has 0 aliphatic carbocycles. The average Bonchev–Trinajstić information content (AvgIpc) is 2.18. The first-order chi connectivity index (χ1) is 6.65. The summed E-state index contributed by atoms with van der Waals surface area (Å²) in [5.74, 6) is -0.127. The molecule has 0 saturated carbocycles. The van der Waals surface area contributed by atoms with Gasteiger partial charge in [0.1, 0.15) is 0 Å². The number of carbonyl (C=O) groups is 1. The fourth-order valence-corrected chi connectivity index (χ4v) is 1.82. The van der Waals surface area contributed by atoms with E-state index < -0.39 is 5.97 Å². The fraction of sp³-hybridized carbons (Fsp3) is 0.917. The Morgan fingerprint density at radius 3 is 2.14 bits per heavy atom. The number of carboxylic acids is 1. The summed E-state index contributed by atoms with van der Waals surface area (Å²) >= 11 is 0. The van der Waals surface area contributed by atoms with E-state index in [1.54, 1.807) is 0 Å². The van der Waals surface area contributed by atoms with Gasteiger partial charge in [-0.05, 0) is 18.8 Å². The minimum Gasteiger partial charge on any atom is -0.481 e. The maximum atomic E-state index is 11.0. The number of hydrogen-bond donors (Lipinski definition) is 1. The number of aliphatic carboxylic acids is 1. The Kier molecular flexibility index (Phi) is 7.54. The predicted molar refractivity (Wildman–Crippen MR) is 59.3 cm³/mol. The smallest absolute Gasteiger partial charge is 0.306 e. The van der Waals surface area contributed by atoms with Crippen molar-refractivity contribution in [1.82, 2.24) is 0 Å². The van der Waals surface area contributed by atoms with E-state index in [9.17, 15) is 4.79 Å². The first-order valence-electron chi connectivity index (χ1n) is 5.88. The summed E-state index contributed by atoms with van der Waals surface area (Å²) in [6, 6.07) is 0. The van der Waals surface area contributed by atoms with E-state index in [1.807, 2.05) is 0 Å². The lowest BCUT2D eigenvalue weighted by Gasteiger charge is -2.18. The van der Waals surface area contributed by atoms with E-state index in [1.165, 1.54) is 0 Å². The first kappa shape index (κ1) is 13.5. The van der Waals surface area contributed by atoms with Crippen LogP contribution in [-0.2, 0) is 4.79 Å². The lowest BCUT2D eigenvalue weighted by atomic mass is 9.88. The van der Waals surface area contributed by atoms with E-state index in [4.69, 9.17) is 5.11 Å². The number of hydrogen-bond acceptors (Lipinski definition) is 1. The molecule has 2 nitrogen and oxygen atoms in total. The third-order valence-corrected chi connectivity index (χ3v) is 3.03. The topological polar surface area (TPSA) is 37.3 Å². The average molecular weight is 200 g/mol. The lowest BCUT2D eigenvalue weighted by molar-refractivity contribution is -0.142. The molecule has 0 aliphatic rings. The largest absolute Gasteiger partial charge is 0.481 e. The van der Waals surface area contributed by atoms with Crippen LogP contribution >= 0.6 is 0 Å². The molecule has 0 spiro atoms. The van der Waals surface area contributed by atoms with Crippen LogP contribution in [0.2, 0.25) is 0 Å². The molecule has 0 rings (SSSR count). The van der Waals surface area contributed by atoms with Crippen LogP contribution in [0.3, 0.4) is 0 Å². The van der Waals surface area contributed by atoms with Gasteiger partial charge < -0.3 is 5.11 Å². The molecule has 2 heteroatoms. The highest BCUT2D eigenvalue weighted by molar-refractivity contribution is 5.69. The third kappa shape index (κ3) is 5.25. The van der Waals surface area contributed by atoms with Gasteiger partial charge in [0.25, 0.3) is 0 Å². The summed E-state index contributed by atoms with van der Waals surface area (Å²) in [5, 5.41) is 9.04. The summed E-state index contributed by atoms with van der Waals surface area (Å²) in [4.78, 5) is 11.0. The Morgan fingerprint density at radius 1 is 1.21 bits per heavy atom. The molecule has 0 radical (unpaired) electrons. The van der Waals surface area contributed by atoms with Crippen molar-refractivity contribution >= 4 is 5.97 Å². The monoisotopic (exact) mass is 200 g/mol. The molecular formula is C12H24O2. The summed E-state index contributed by atoms with van der Waals surface area (Å²) in [6.07, 6.45) is 6.05. The van der Waals surface area contributed by atoms with Gasteiger partial charge in [0.2, 0.25) is 0 Å². The predicted octanol–water partition coefficient (Wildman–Crippen LogP) is 3.70. The van der Waals surface area contributed by atoms with Gasteiger partial charge in [-0.3, -0.25) is 4.79 Å². The van der Waals surface area contributed by atoms with Gasteiger partial charge in [-0.25, -0.2) is 0 Å². The Labute approximate surface area is 87.7 Å². The Morgan fingerprint density at radius 2 is 1.79 bits per heavy atom. The molecule has 0 amide bonds. The van der Waals surface area contributed by atoms with E-state index in [0.29, 0.717) is 5.92 Å². The Balaban J connectivity index is 4.00. The molecule has 0 bridgehead atoms. The zero-order valence-corrected chi connectivity index (χ0v) is 9.75. The van der Waals surface area contributed by atoms with Crippen molar-refractivity contribution in [3.05, 3.63) is 0 Å². The molecule has 84 valence electrons. The maximum Gasteiger partial charge on any atom is 0.306 e.